The fraction of sp³-hybridized carbons (Fsp3) is 0.273. The summed E-state index contributed by atoms with van der Waals surface area (Å²) < 4.78 is 9.54. The first-order valence-electron chi connectivity index (χ1n) is 5.08. The van der Waals surface area contributed by atoms with E-state index in [1.807, 2.05) is 0 Å². The highest BCUT2D eigenvalue weighted by Gasteiger charge is 2.13. The maximum atomic E-state index is 11.4. The summed E-state index contributed by atoms with van der Waals surface area (Å²) >= 11 is 11.7. The van der Waals surface area contributed by atoms with Crippen molar-refractivity contribution in [3.63, 3.8) is 0 Å². The van der Waals surface area contributed by atoms with Crippen molar-refractivity contribution in [1.29, 1.82) is 0 Å². The van der Waals surface area contributed by atoms with E-state index in [9.17, 15) is 4.79 Å². The predicted octanol–water partition coefficient (Wildman–Crippen LogP) is 2.93. The minimum atomic E-state index is -0.655. The van der Waals surface area contributed by atoms with Crippen LogP contribution in [0.3, 0.4) is 0 Å². The summed E-state index contributed by atoms with van der Waals surface area (Å²) in [6.07, 6.45) is 0. The molecule has 0 fully saturated rings. The van der Waals surface area contributed by atoms with Crippen LogP contribution in [0, 0.1) is 0 Å². The lowest BCUT2D eigenvalue weighted by Gasteiger charge is -2.06. The molecule has 0 aliphatic carbocycles. The van der Waals surface area contributed by atoms with Gasteiger partial charge in [-0.25, -0.2) is 4.79 Å². The number of ether oxygens (including phenoxy) is 2. The predicted molar refractivity (Wildman–Crippen MR) is 71.2 cm³/mol. The second-order valence-electron chi connectivity index (χ2n) is 3.08. The smallest absolute Gasteiger partial charge is 0.395 e. The standard InChI is InChI=1S/C11H12Cl2N2O3/c1-3-18-11(16)10(17-2)15-14-9-5-4-7(12)6-8(9)13/h4-6,14H,3H2,1-2H3. The van der Waals surface area contributed by atoms with Crippen molar-refractivity contribution in [1.82, 2.24) is 0 Å². The molecule has 0 aromatic heterocycles. The number of carbonyl (C=O) groups excluding carboxylic acids is 1. The number of halogens is 2. The topological polar surface area (TPSA) is 59.9 Å². The first-order chi connectivity index (χ1) is 8.58. The van der Waals surface area contributed by atoms with Gasteiger partial charge in [0.15, 0.2) is 0 Å². The number of methoxy groups -OCH3 is 1. The van der Waals surface area contributed by atoms with Gasteiger partial charge in [-0.3, -0.25) is 5.43 Å². The zero-order chi connectivity index (χ0) is 13.5. The SMILES string of the molecule is CCOC(=O)C(=NNc1ccc(Cl)cc1Cl)OC. The molecule has 0 aliphatic rings. The first kappa shape index (κ1) is 14.6. The van der Waals surface area contributed by atoms with Gasteiger partial charge in [0, 0.05) is 5.02 Å². The number of nitrogens with zero attached hydrogens (tertiary/aromatic N) is 1. The highest BCUT2D eigenvalue weighted by atomic mass is 35.5. The lowest BCUT2D eigenvalue weighted by Crippen LogP contribution is -2.20. The van der Waals surface area contributed by atoms with E-state index in [1.54, 1.807) is 25.1 Å². The molecular weight excluding hydrogens is 279 g/mol. The summed E-state index contributed by atoms with van der Waals surface area (Å²) in [6, 6.07) is 4.83. The highest BCUT2D eigenvalue weighted by molar-refractivity contribution is 6.36. The van der Waals surface area contributed by atoms with E-state index >= 15 is 0 Å². The Morgan fingerprint density at radius 2 is 2.17 bits per heavy atom. The molecule has 5 nitrogen and oxygen atoms in total. The molecule has 0 heterocycles. The number of hydrogen-bond acceptors (Lipinski definition) is 5. The average molecular weight is 291 g/mol. The van der Waals surface area contributed by atoms with E-state index in [0.717, 1.165) is 0 Å². The van der Waals surface area contributed by atoms with Gasteiger partial charge in [0.1, 0.15) is 0 Å². The van der Waals surface area contributed by atoms with Crippen molar-refractivity contribution in [2.24, 2.45) is 5.10 Å². The number of carbonyl (C=O) groups is 1. The molecule has 18 heavy (non-hydrogen) atoms. The zero-order valence-corrected chi connectivity index (χ0v) is 11.4. The Bertz CT molecular complexity index is 464. The van der Waals surface area contributed by atoms with Gasteiger partial charge in [-0.2, -0.15) is 0 Å². The van der Waals surface area contributed by atoms with Crippen LogP contribution in [-0.2, 0) is 14.3 Å². The number of nitrogens with one attached hydrogen (secondary N) is 1. The minimum Gasteiger partial charge on any atom is -0.475 e. The molecule has 0 spiro atoms. The fourth-order valence-corrected chi connectivity index (χ4v) is 1.51. The third-order valence-electron chi connectivity index (χ3n) is 1.85. The van der Waals surface area contributed by atoms with E-state index in [0.29, 0.717) is 15.7 Å². The number of anilines is 1. The molecule has 0 saturated heterocycles. The molecule has 7 heteroatoms. The average Bonchev–Trinajstić information content (AvgIpc) is 2.32. The third-order valence-corrected chi connectivity index (χ3v) is 2.40. The molecular formula is C11H12Cl2N2O3. The van der Waals surface area contributed by atoms with Crippen LogP contribution in [0.4, 0.5) is 5.69 Å². The Labute approximate surface area is 115 Å². The summed E-state index contributed by atoms with van der Waals surface area (Å²) in [5, 5.41) is 4.65. The molecule has 0 amide bonds. The first-order valence-corrected chi connectivity index (χ1v) is 5.84. The molecule has 0 aliphatic heterocycles. The van der Waals surface area contributed by atoms with E-state index in [1.165, 1.54) is 7.11 Å². The van der Waals surface area contributed by atoms with Crippen molar-refractivity contribution in [3.8, 4) is 0 Å². The van der Waals surface area contributed by atoms with Crippen LogP contribution >= 0.6 is 23.2 Å². The van der Waals surface area contributed by atoms with Crippen molar-refractivity contribution < 1.29 is 14.3 Å². The number of hydrogen-bond donors (Lipinski definition) is 1. The number of esters is 1. The molecule has 98 valence electrons. The van der Waals surface area contributed by atoms with Crippen LogP contribution in [0.1, 0.15) is 6.92 Å². The molecule has 0 atom stereocenters. The van der Waals surface area contributed by atoms with Crippen LogP contribution < -0.4 is 5.43 Å². The van der Waals surface area contributed by atoms with Gasteiger partial charge < -0.3 is 9.47 Å². The zero-order valence-electron chi connectivity index (χ0n) is 9.87. The molecule has 1 aromatic carbocycles. The normalized spacial score (nSPS) is 11.0. The van der Waals surface area contributed by atoms with Crippen molar-refractivity contribution in [2.75, 3.05) is 19.1 Å². The van der Waals surface area contributed by atoms with Gasteiger partial charge in [0.05, 0.1) is 24.4 Å². The van der Waals surface area contributed by atoms with E-state index in [2.05, 4.69) is 10.5 Å². The van der Waals surface area contributed by atoms with Crippen LogP contribution in [0.15, 0.2) is 23.3 Å². The van der Waals surface area contributed by atoms with Gasteiger partial charge in [-0.1, -0.05) is 23.2 Å². The summed E-state index contributed by atoms with van der Waals surface area (Å²) in [6.45, 7) is 1.93. The Hall–Kier alpha value is -1.46. The molecule has 0 radical (unpaired) electrons. The van der Waals surface area contributed by atoms with Crippen molar-refractivity contribution in [3.05, 3.63) is 28.2 Å². The maximum absolute atomic E-state index is 11.4. The lowest BCUT2D eigenvalue weighted by molar-refractivity contribution is -0.136. The Balaban J connectivity index is 2.79. The molecule has 1 N–H and O–H groups in total. The third kappa shape index (κ3) is 4.09. The van der Waals surface area contributed by atoms with Crippen LogP contribution in [0.5, 0.6) is 0 Å². The number of benzene rings is 1. The molecule has 0 saturated carbocycles. The molecule has 1 rings (SSSR count). The summed E-state index contributed by atoms with van der Waals surface area (Å²) in [4.78, 5) is 11.4. The van der Waals surface area contributed by atoms with Gasteiger partial charge in [-0.15, -0.1) is 5.10 Å². The minimum absolute atomic E-state index is 0.192. The van der Waals surface area contributed by atoms with Crippen LogP contribution in [-0.4, -0.2) is 25.6 Å². The van der Waals surface area contributed by atoms with Gasteiger partial charge in [0.2, 0.25) is 0 Å². The second kappa shape index (κ2) is 7.08. The Morgan fingerprint density at radius 1 is 1.44 bits per heavy atom. The maximum Gasteiger partial charge on any atom is 0.395 e. The van der Waals surface area contributed by atoms with Gasteiger partial charge in [-0.05, 0) is 25.1 Å². The molecule has 0 bridgehead atoms. The van der Waals surface area contributed by atoms with E-state index in [4.69, 9.17) is 32.7 Å². The number of rotatable bonds is 3. The molecule has 1 aromatic rings. The van der Waals surface area contributed by atoms with Crippen LogP contribution in [0.2, 0.25) is 10.0 Å². The summed E-state index contributed by atoms with van der Waals surface area (Å²) in [7, 11) is 1.32. The Kier molecular flexibility index (Phi) is 5.74. The van der Waals surface area contributed by atoms with Crippen LogP contribution in [0.25, 0.3) is 0 Å². The highest BCUT2D eigenvalue weighted by Crippen LogP contribution is 2.25. The second-order valence-corrected chi connectivity index (χ2v) is 3.92. The van der Waals surface area contributed by atoms with Crippen molar-refractivity contribution >= 4 is 40.8 Å². The summed E-state index contributed by atoms with van der Waals surface area (Å²) in [5.74, 6) is -0.847. The fourth-order valence-electron chi connectivity index (χ4n) is 1.06. The summed E-state index contributed by atoms with van der Waals surface area (Å²) in [5.41, 5.74) is 3.10. The quantitative estimate of drug-likeness (QED) is 0.402. The van der Waals surface area contributed by atoms with Gasteiger partial charge in [0.25, 0.3) is 0 Å². The molecule has 0 unspecified atom stereocenters. The van der Waals surface area contributed by atoms with E-state index in [-0.39, 0.29) is 12.5 Å². The van der Waals surface area contributed by atoms with Gasteiger partial charge >= 0.3 is 11.9 Å². The monoisotopic (exact) mass is 290 g/mol. The number of hydrazone groups is 1. The Morgan fingerprint density at radius 3 is 2.72 bits per heavy atom. The largest absolute Gasteiger partial charge is 0.475 e. The lowest BCUT2D eigenvalue weighted by atomic mass is 10.3. The van der Waals surface area contributed by atoms with E-state index < -0.39 is 5.97 Å². The van der Waals surface area contributed by atoms with Crippen molar-refractivity contribution in [2.45, 2.75) is 6.92 Å².